The quantitative estimate of drug-likeness (QED) is 0.917. The summed E-state index contributed by atoms with van der Waals surface area (Å²) in [6, 6.07) is 6.90. The number of aryl methyl sites for hydroxylation is 1. The number of thiazole rings is 1. The van der Waals surface area contributed by atoms with Gasteiger partial charge in [-0.1, -0.05) is 32.9 Å². The van der Waals surface area contributed by atoms with Crippen molar-refractivity contribution >= 4 is 26.5 Å². The molecular formula is C14H18N2O2S2. The Hall–Kier alpha value is -1.40. The molecule has 1 aromatic carbocycles. The normalized spacial score (nSPS) is 11.8. The smallest absolute Gasteiger partial charge is 0.255 e. The average Bonchev–Trinajstić information content (AvgIpc) is 2.87. The van der Waals surface area contributed by atoms with Gasteiger partial charge in [0.2, 0.25) is 0 Å². The maximum atomic E-state index is 12.2. The van der Waals surface area contributed by atoms with Crippen molar-refractivity contribution in [1.29, 1.82) is 0 Å². The first-order valence-electron chi connectivity index (χ1n) is 6.49. The zero-order chi connectivity index (χ0) is 14.8. The van der Waals surface area contributed by atoms with E-state index in [1.807, 2.05) is 38.3 Å². The van der Waals surface area contributed by atoms with Crippen molar-refractivity contribution in [1.82, 2.24) is 4.98 Å². The molecule has 0 aliphatic carbocycles. The second-order valence-corrected chi connectivity index (χ2v) is 7.38. The standard InChI is InChI=1S/C14H18N2O2S2/c1-4-11-5-7-12(8-6-11)20(17,18)16-14-15-13(9-19-14)10(2)3/h5-10H,4H2,1-3H3,(H,15,16). The van der Waals surface area contributed by atoms with E-state index in [9.17, 15) is 8.42 Å². The topological polar surface area (TPSA) is 59.1 Å². The molecule has 0 atom stereocenters. The summed E-state index contributed by atoms with van der Waals surface area (Å²) >= 11 is 1.31. The summed E-state index contributed by atoms with van der Waals surface area (Å²) in [4.78, 5) is 4.54. The van der Waals surface area contributed by atoms with Crippen molar-refractivity contribution in [2.45, 2.75) is 38.0 Å². The Morgan fingerprint density at radius 1 is 1.25 bits per heavy atom. The van der Waals surface area contributed by atoms with Gasteiger partial charge in [0.05, 0.1) is 10.6 Å². The van der Waals surface area contributed by atoms with Gasteiger partial charge < -0.3 is 0 Å². The molecule has 2 rings (SSSR count). The van der Waals surface area contributed by atoms with Gasteiger partial charge in [-0.25, -0.2) is 13.4 Å². The van der Waals surface area contributed by atoms with E-state index in [-0.39, 0.29) is 10.8 Å². The molecule has 1 aromatic heterocycles. The van der Waals surface area contributed by atoms with Gasteiger partial charge in [-0.15, -0.1) is 11.3 Å². The van der Waals surface area contributed by atoms with Crippen LogP contribution in [0.3, 0.4) is 0 Å². The number of anilines is 1. The molecule has 0 aliphatic rings. The van der Waals surface area contributed by atoms with Crippen molar-refractivity contribution in [3.8, 4) is 0 Å². The maximum Gasteiger partial charge on any atom is 0.263 e. The predicted molar refractivity (Wildman–Crippen MR) is 82.8 cm³/mol. The number of hydrogen-bond acceptors (Lipinski definition) is 4. The summed E-state index contributed by atoms with van der Waals surface area (Å²) in [7, 11) is -3.55. The highest BCUT2D eigenvalue weighted by Gasteiger charge is 2.16. The average molecular weight is 310 g/mol. The maximum absolute atomic E-state index is 12.2. The number of hydrogen-bond donors (Lipinski definition) is 1. The zero-order valence-corrected chi connectivity index (χ0v) is 13.4. The number of rotatable bonds is 5. The Kier molecular flexibility index (Phi) is 4.45. The zero-order valence-electron chi connectivity index (χ0n) is 11.8. The van der Waals surface area contributed by atoms with Crippen molar-refractivity contribution in [2.24, 2.45) is 0 Å². The molecule has 2 aromatic rings. The fraction of sp³-hybridized carbons (Fsp3) is 0.357. The molecule has 108 valence electrons. The molecule has 20 heavy (non-hydrogen) atoms. The molecule has 4 nitrogen and oxygen atoms in total. The van der Waals surface area contributed by atoms with Gasteiger partial charge in [-0.05, 0) is 30.0 Å². The first-order chi connectivity index (χ1) is 9.42. The number of benzene rings is 1. The van der Waals surface area contributed by atoms with Crippen LogP contribution in [0.2, 0.25) is 0 Å². The van der Waals surface area contributed by atoms with Crippen molar-refractivity contribution in [3.63, 3.8) is 0 Å². The van der Waals surface area contributed by atoms with Gasteiger partial charge in [-0.2, -0.15) is 0 Å². The predicted octanol–water partition coefficient (Wildman–Crippen LogP) is 3.63. The SMILES string of the molecule is CCc1ccc(S(=O)(=O)Nc2nc(C(C)C)cs2)cc1. The Bertz CT molecular complexity index is 673. The van der Waals surface area contributed by atoms with Gasteiger partial charge in [0.1, 0.15) is 0 Å². The van der Waals surface area contributed by atoms with E-state index in [2.05, 4.69) is 9.71 Å². The van der Waals surface area contributed by atoms with Crippen LogP contribution in [0, 0.1) is 0 Å². The lowest BCUT2D eigenvalue weighted by atomic mass is 10.2. The minimum Gasteiger partial charge on any atom is -0.255 e. The van der Waals surface area contributed by atoms with Crippen LogP contribution in [0.4, 0.5) is 5.13 Å². The van der Waals surface area contributed by atoms with Gasteiger partial charge in [0, 0.05) is 5.38 Å². The molecule has 0 bridgehead atoms. The molecule has 1 heterocycles. The molecule has 0 saturated heterocycles. The Balaban J connectivity index is 2.21. The second kappa shape index (κ2) is 5.93. The summed E-state index contributed by atoms with van der Waals surface area (Å²) in [5.41, 5.74) is 2.01. The molecule has 0 unspecified atom stereocenters. The highest BCUT2D eigenvalue weighted by Crippen LogP contribution is 2.24. The molecule has 0 saturated carbocycles. The van der Waals surface area contributed by atoms with Crippen LogP contribution in [0.15, 0.2) is 34.5 Å². The molecule has 0 amide bonds. The summed E-state index contributed by atoms with van der Waals surface area (Å²) in [6.07, 6.45) is 0.887. The number of sulfonamides is 1. The molecule has 0 spiro atoms. The Labute approximate surface area is 123 Å². The molecule has 0 radical (unpaired) electrons. The lowest BCUT2D eigenvalue weighted by Crippen LogP contribution is -2.12. The third kappa shape index (κ3) is 3.37. The van der Waals surface area contributed by atoms with E-state index in [4.69, 9.17) is 0 Å². The molecular weight excluding hydrogens is 292 g/mol. The van der Waals surface area contributed by atoms with Gasteiger partial charge >= 0.3 is 0 Å². The fourth-order valence-electron chi connectivity index (χ4n) is 1.68. The first kappa shape index (κ1) is 15.0. The fourth-order valence-corrected chi connectivity index (χ4v) is 3.80. The van der Waals surface area contributed by atoms with Gasteiger partial charge in [-0.3, -0.25) is 4.72 Å². The highest BCUT2D eigenvalue weighted by molar-refractivity contribution is 7.93. The van der Waals surface area contributed by atoms with Crippen molar-refractivity contribution < 1.29 is 8.42 Å². The van der Waals surface area contributed by atoms with Crippen LogP contribution in [0.1, 0.15) is 37.9 Å². The van der Waals surface area contributed by atoms with Crippen LogP contribution in [0.25, 0.3) is 0 Å². The van der Waals surface area contributed by atoms with E-state index in [1.165, 1.54) is 11.3 Å². The Morgan fingerprint density at radius 3 is 2.40 bits per heavy atom. The number of nitrogens with one attached hydrogen (secondary N) is 1. The third-order valence-electron chi connectivity index (χ3n) is 2.98. The Morgan fingerprint density at radius 2 is 1.90 bits per heavy atom. The van der Waals surface area contributed by atoms with E-state index in [1.54, 1.807) is 12.1 Å². The van der Waals surface area contributed by atoms with Crippen LogP contribution in [0.5, 0.6) is 0 Å². The summed E-state index contributed by atoms with van der Waals surface area (Å²) in [6.45, 7) is 6.08. The largest absolute Gasteiger partial charge is 0.263 e. The van der Waals surface area contributed by atoms with Crippen LogP contribution in [-0.4, -0.2) is 13.4 Å². The van der Waals surface area contributed by atoms with Crippen molar-refractivity contribution in [3.05, 3.63) is 40.9 Å². The molecule has 0 aliphatic heterocycles. The minimum atomic E-state index is -3.55. The first-order valence-corrected chi connectivity index (χ1v) is 8.86. The summed E-state index contributed by atoms with van der Waals surface area (Å²) in [5.74, 6) is 0.286. The van der Waals surface area contributed by atoms with Crippen LogP contribution < -0.4 is 4.72 Å². The van der Waals surface area contributed by atoms with E-state index in [0.29, 0.717) is 5.13 Å². The van der Waals surface area contributed by atoms with E-state index < -0.39 is 10.0 Å². The van der Waals surface area contributed by atoms with E-state index in [0.717, 1.165) is 17.7 Å². The van der Waals surface area contributed by atoms with Crippen molar-refractivity contribution in [2.75, 3.05) is 4.72 Å². The van der Waals surface area contributed by atoms with Gasteiger partial charge in [0.25, 0.3) is 10.0 Å². The second-order valence-electron chi connectivity index (χ2n) is 4.84. The lowest BCUT2D eigenvalue weighted by molar-refractivity contribution is 0.601. The van der Waals surface area contributed by atoms with Crippen LogP contribution in [-0.2, 0) is 16.4 Å². The van der Waals surface area contributed by atoms with Gasteiger partial charge in [0.15, 0.2) is 5.13 Å². The highest BCUT2D eigenvalue weighted by atomic mass is 32.2. The number of aromatic nitrogens is 1. The summed E-state index contributed by atoms with van der Waals surface area (Å²) in [5, 5.41) is 2.29. The third-order valence-corrected chi connectivity index (χ3v) is 5.24. The molecule has 1 N–H and O–H groups in total. The monoisotopic (exact) mass is 310 g/mol. The molecule has 0 fully saturated rings. The lowest BCUT2D eigenvalue weighted by Gasteiger charge is -2.06. The van der Waals surface area contributed by atoms with Crippen LogP contribution >= 0.6 is 11.3 Å². The minimum absolute atomic E-state index is 0.260. The molecule has 6 heteroatoms. The number of nitrogens with zero attached hydrogens (tertiary/aromatic N) is 1. The summed E-state index contributed by atoms with van der Waals surface area (Å²) < 4.78 is 27.0. The van der Waals surface area contributed by atoms with E-state index >= 15 is 0 Å².